The summed E-state index contributed by atoms with van der Waals surface area (Å²) in [6, 6.07) is 4.87. The van der Waals surface area contributed by atoms with E-state index in [1.165, 1.54) is 19.2 Å². The molecule has 0 bridgehead atoms. The van der Waals surface area contributed by atoms with Gasteiger partial charge < -0.3 is 15.0 Å². The lowest BCUT2D eigenvalue weighted by Crippen LogP contribution is -2.35. The van der Waals surface area contributed by atoms with Gasteiger partial charge in [-0.25, -0.2) is 14.4 Å². The predicted molar refractivity (Wildman–Crippen MR) is 94.1 cm³/mol. The number of fused-ring (bicyclic) bond motifs is 1. The van der Waals surface area contributed by atoms with Gasteiger partial charge in [-0.2, -0.15) is 0 Å². The maximum Gasteiger partial charge on any atom is 0.319 e. The first kappa shape index (κ1) is 17.5. The first-order chi connectivity index (χ1) is 12.1. The standard InChI is InChI=1S/C18H23FN4O2/c1-12-15-10-13(19)5-6-16(15)22-18(21-12)23-8-3-4-14(7-9-23)20-11-17(24)25-2/h5-6,10,14,20H,3-4,7-9,11H2,1-2H3. The van der Waals surface area contributed by atoms with Crippen molar-refractivity contribution in [3.8, 4) is 0 Å². The van der Waals surface area contributed by atoms with Crippen molar-refractivity contribution >= 4 is 22.8 Å². The molecule has 7 heteroatoms. The van der Waals surface area contributed by atoms with Crippen LogP contribution in [0.15, 0.2) is 18.2 Å². The largest absolute Gasteiger partial charge is 0.468 e. The van der Waals surface area contributed by atoms with Crippen molar-refractivity contribution in [1.29, 1.82) is 0 Å². The minimum Gasteiger partial charge on any atom is -0.468 e. The van der Waals surface area contributed by atoms with Gasteiger partial charge in [-0.1, -0.05) is 0 Å². The summed E-state index contributed by atoms with van der Waals surface area (Å²) in [5, 5.41) is 3.99. The van der Waals surface area contributed by atoms with Crippen molar-refractivity contribution in [3.63, 3.8) is 0 Å². The van der Waals surface area contributed by atoms with Crippen LogP contribution >= 0.6 is 0 Å². The quantitative estimate of drug-likeness (QED) is 0.856. The van der Waals surface area contributed by atoms with E-state index in [9.17, 15) is 9.18 Å². The zero-order valence-electron chi connectivity index (χ0n) is 14.6. The summed E-state index contributed by atoms with van der Waals surface area (Å²) >= 11 is 0. The number of carbonyl (C=O) groups is 1. The number of aromatic nitrogens is 2. The molecule has 6 nitrogen and oxygen atoms in total. The van der Waals surface area contributed by atoms with E-state index in [4.69, 9.17) is 0 Å². The normalized spacial score (nSPS) is 18.2. The lowest BCUT2D eigenvalue weighted by molar-refractivity contribution is -0.139. The van der Waals surface area contributed by atoms with Crippen LogP contribution in [0.3, 0.4) is 0 Å². The van der Waals surface area contributed by atoms with Crippen LogP contribution in [0.25, 0.3) is 10.9 Å². The van der Waals surface area contributed by atoms with Gasteiger partial charge in [0.25, 0.3) is 0 Å². The third kappa shape index (κ3) is 4.22. The van der Waals surface area contributed by atoms with E-state index in [-0.39, 0.29) is 24.4 Å². The second-order valence-electron chi connectivity index (χ2n) is 6.34. The first-order valence-corrected chi connectivity index (χ1v) is 8.56. The molecule has 0 saturated carbocycles. The Balaban J connectivity index is 1.71. The third-order valence-electron chi connectivity index (χ3n) is 4.61. The monoisotopic (exact) mass is 346 g/mol. The van der Waals surface area contributed by atoms with E-state index in [0.717, 1.165) is 48.9 Å². The molecule has 2 aromatic rings. The minimum absolute atomic E-state index is 0.234. The van der Waals surface area contributed by atoms with Crippen molar-refractivity contribution in [2.24, 2.45) is 0 Å². The molecule has 0 aliphatic carbocycles. The second-order valence-corrected chi connectivity index (χ2v) is 6.34. The third-order valence-corrected chi connectivity index (χ3v) is 4.61. The number of esters is 1. The van der Waals surface area contributed by atoms with Gasteiger partial charge in [0.1, 0.15) is 5.82 Å². The molecule has 134 valence electrons. The minimum atomic E-state index is -0.277. The zero-order valence-corrected chi connectivity index (χ0v) is 14.6. The van der Waals surface area contributed by atoms with Crippen molar-refractivity contribution in [2.45, 2.75) is 32.2 Å². The highest BCUT2D eigenvalue weighted by Crippen LogP contribution is 2.22. The molecule has 1 N–H and O–H groups in total. The van der Waals surface area contributed by atoms with E-state index in [1.807, 2.05) is 6.92 Å². The summed E-state index contributed by atoms with van der Waals surface area (Å²) in [5.41, 5.74) is 1.54. The fourth-order valence-electron chi connectivity index (χ4n) is 3.18. The molecule has 1 aliphatic rings. The SMILES string of the molecule is COC(=O)CNC1CCCN(c2nc(C)c3cc(F)ccc3n2)CC1. The average molecular weight is 346 g/mol. The number of hydrogen-bond acceptors (Lipinski definition) is 6. The molecule has 1 aliphatic heterocycles. The Bertz CT molecular complexity index is 768. The number of ether oxygens (including phenoxy) is 1. The van der Waals surface area contributed by atoms with E-state index in [1.54, 1.807) is 6.07 Å². The molecule has 0 radical (unpaired) electrons. The van der Waals surface area contributed by atoms with Gasteiger partial charge in [0.05, 0.1) is 24.9 Å². The molecule has 1 aromatic carbocycles. The fraction of sp³-hybridized carbons (Fsp3) is 0.500. The van der Waals surface area contributed by atoms with Crippen LogP contribution < -0.4 is 10.2 Å². The van der Waals surface area contributed by atoms with Crippen molar-refractivity contribution < 1.29 is 13.9 Å². The van der Waals surface area contributed by atoms with Gasteiger partial charge in [0.15, 0.2) is 0 Å². The summed E-state index contributed by atoms with van der Waals surface area (Å²) in [5.74, 6) is 0.160. The molecule has 1 aromatic heterocycles. The van der Waals surface area contributed by atoms with Crippen LogP contribution in [0.1, 0.15) is 25.0 Å². The smallest absolute Gasteiger partial charge is 0.319 e. The fourth-order valence-corrected chi connectivity index (χ4v) is 3.18. The highest BCUT2D eigenvalue weighted by atomic mass is 19.1. The van der Waals surface area contributed by atoms with E-state index in [0.29, 0.717) is 5.95 Å². The zero-order chi connectivity index (χ0) is 17.8. The summed E-state index contributed by atoms with van der Waals surface area (Å²) in [6.07, 6.45) is 2.88. The number of aryl methyl sites for hydroxylation is 1. The maximum atomic E-state index is 13.4. The summed E-state index contributed by atoms with van der Waals surface area (Å²) < 4.78 is 18.1. The van der Waals surface area contributed by atoms with Crippen molar-refractivity contribution in [3.05, 3.63) is 29.7 Å². The van der Waals surface area contributed by atoms with Gasteiger partial charge in [-0.05, 0) is 44.4 Å². The molecule has 0 spiro atoms. The summed E-state index contributed by atoms with van der Waals surface area (Å²) in [7, 11) is 1.39. The Kier molecular flexibility index (Phi) is 5.43. The number of nitrogens with zero attached hydrogens (tertiary/aromatic N) is 3. The Morgan fingerprint density at radius 3 is 3.00 bits per heavy atom. The molecule has 1 fully saturated rings. The first-order valence-electron chi connectivity index (χ1n) is 8.56. The Labute approximate surface area is 146 Å². The van der Waals surface area contributed by atoms with Gasteiger partial charge in [0, 0.05) is 24.5 Å². The number of anilines is 1. The van der Waals surface area contributed by atoms with Crippen LogP contribution in [-0.2, 0) is 9.53 Å². The van der Waals surface area contributed by atoms with Gasteiger partial charge in [-0.15, -0.1) is 0 Å². The van der Waals surface area contributed by atoms with E-state index in [2.05, 4.69) is 24.9 Å². The molecule has 1 saturated heterocycles. The van der Waals surface area contributed by atoms with Crippen LogP contribution in [0.4, 0.5) is 10.3 Å². The molecule has 2 heterocycles. The number of halogens is 1. The van der Waals surface area contributed by atoms with Crippen molar-refractivity contribution in [2.75, 3.05) is 31.6 Å². The van der Waals surface area contributed by atoms with Crippen LogP contribution in [-0.4, -0.2) is 48.7 Å². The highest BCUT2D eigenvalue weighted by Gasteiger charge is 2.20. The summed E-state index contributed by atoms with van der Waals surface area (Å²) in [6.45, 7) is 3.79. The number of carbonyl (C=O) groups excluding carboxylic acids is 1. The Morgan fingerprint density at radius 1 is 1.36 bits per heavy atom. The Morgan fingerprint density at radius 2 is 2.20 bits per heavy atom. The summed E-state index contributed by atoms with van der Waals surface area (Å²) in [4.78, 5) is 22.6. The van der Waals surface area contributed by atoms with Crippen LogP contribution in [0.2, 0.25) is 0 Å². The number of hydrogen-bond donors (Lipinski definition) is 1. The Hall–Kier alpha value is -2.28. The topological polar surface area (TPSA) is 67.3 Å². The average Bonchev–Trinajstić information content (AvgIpc) is 2.85. The predicted octanol–water partition coefficient (Wildman–Crippen LogP) is 2.20. The molecular weight excluding hydrogens is 323 g/mol. The molecule has 1 atom stereocenters. The maximum absolute atomic E-state index is 13.4. The van der Waals surface area contributed by atoms with E-state index < -0.39 is 0 Å². The van der Waals surface area contributed by atoms with Crippen molar-refractivity contribution in [1.82, 2.24) is 15.3 Å². The van der Waals surface area contributed by atoms with Gasteiger partial charge >= 0.3 is 5.97 Å². The van der Waals surface area contributed by atoms with Gasteiger partial charge in [-0.3, -0.25) is 4.79 Å². The lowest BCUT2D eigenvalue weighted by Gasteiger charge is -2.21. The molecule has 3 rings (SSSR count). The highest BCUT2D eigenvalue weighted by molar-refractivity contribution is 5.81. The number of benzene rings is 1. The number of nitrogens with one attached hydrogen (secondary N) is 1. The number of methoxy groups -OCH3 is 1. The molecule has 25 heavy (non-hydrogen) atoms. The lowest BCUT2D eigenvalue weighted by atomic mass is 10.1. The van der Waals surface area contributed by atoms with Gasteiger partial charge in [0.2, 0.25) is 5.95 Å². The number of rotatable bonds is 4. The molecular formula is C18H23FN4O2. The van der Waals surface area contributed by atoms with E-state index >= 15 is 0 Å². The second kappa shape index (κ2) is 7.74. The molecule has 1 unspecified atom stereocenters. The van der Waals surface area contributed by atoms with Crippen LogP contribution in [0, 0.1) is 12.7 Å². The molecule has 0 amide bonds. The van der Waals surface area contributed by atoms with Crippen LogP contribution in [0.5, 0.6) is 0 Å².